The van der Waals surface area contributed by atoms with Gasteiger partial charge in [-0.1, -0.05) is 12.2 Å². The minimum Gasteiger partial charge on any atom is -0.497 e. The van der Waals surface area contributed by atoms with Gasteiger partial charge in [0.2, 0.25) is 0 Å². The van der Waals surface area contributed by atoms with E-state index in [0.717, 1.165) is 5.57 Å². The first kappa shape index (κ1) is 18.5. The molecule has 0 saturated carbocycles. The first-order valence-electron chi connectivity index (χ1n) is 8.61. The number of carbonyl (C=O) groups excluding carboxylic acids is 2. The number of ether oxygens (including phenoxy) is 2. The number of methoxy groups -OCH3 is 1. The lowest BCUT2D eigenvalue weighted by Gasteiger charge is -2.33. The molecule has 0 fully saturated rings. The second kappa shape index (κ2) is 7.53. The molecule has 2 aromatic carbocycles. The predicted octanol–water partition coefficient (Wildman–Crippen LogP) is 3.64. The van der Waals surface area contributed by atoms with E-state index in [1.807, 2.05) is 6.92 Å². The van der Waals surface area contributed by atoms with Crippen LogP contribution in [0, 0.1) is 0 Å². The zero-order chi connectivity index (χ0) is 19.6. The van der Waals surface area contributed by atoms with Crippen LogP contribution in [0.5, 0.6) is 11.5 Å². The number of amides is 2. The number of anilines is 2. The zero-order valence-corrected chi connectivity index (χ0v) is 15.6. The fourth-order valence-corrected chi connectivity index (χ4v) is 2.86. The molecule has 3 rings (SSSR count). The van der Waals surface area contributed by atoms with Gasteiger partial charge in [-0.15, -0.1) is 0 Å². The van der Waals surface area contributed by atoms with E-state index in [2.05, 4.69) is 11.9 Å². The quantitative estimate of drug-likeness (QED) is 0.821. The second-order valence-corrected chi connectivity index (χ2v) is 6.51. The number of nitrogens with zero attached hydrogens (tertiary/aromatic N) is 1. The van der Waals surface area contributed by atoms with E-state index >= 15 is 0 Å². The zero-order valence-electron chi connectivity index (χ0n) is 15.6. The summed E-state index contributed by atoms with van der Waals surface area (Å²) in [4.78, 5) is 26.6. The molecule has 0 bridgehead atoms. The standard InChI is InChI=1S/C21H22N2O4/c1-13(2)12-23-18-11-16(7-10-19(18)27-14(3)21(23)25)22-20(24)15-5-8-17(26-4)9-6-15/h5-11,14H,1,12H2,2-4H3,(H,22,24). The van der Waals surface area contributed by atoms with E-state index < -0.39 is 6.10 Å². The number of hydrogen-bond acceptors (Lipinski definition) is 4. The summed E-state index contributed by atoms with van der Waals surface area (Å²) in [7, 11) is 1.57. The van der Waals surface area contributed by atoms with Gasteiger partial charge in [-0.2, -0.15) is 0 Å². The number of fused-ring (bicyclic) bond motifs is 1. The highest BCUT2D eigenvalue weighted by atomic mass is 16.5. The summed E-state index contributed by atoms with van der Waals surface area (Å²) in [5.41, 5.74) is 2.56. The van der Waals surface area contributed by atoms with Crippen LogP contribution in [0.15, 0.2) is 54.6 Å². The average molecular weight is 366 g/mol. The highest BCUT2D eigenvalue weighted by Crippen LogP contribution is 2.36. The summed E-state index contributed by atoms with van der Waals surface area (Å²) >= 11 is 0. The Morgan fingerprint density at radius 1 is 1.26 bits per heavy atom. The summed E-state index contributed by atoms with van der Waals surface area (Å²) in [6.45, 7) is 7.87. The molecule has 2 aromatic rings. The maximum atomic E-state index is 12.5. The maximum absolute atomic E-state index is 12.5. The lowest BCUT2D eigenvalue weighted by Crippen LogP contribution is -2.45. The Balaban J connectivity index is 1.85. The summed E-state index contributed by atoms with van der Waals surface area (Å²) in [6.07, 6.45) is -0.559. The van der Waals surface area contributed by atoms with Crippen LogP contribution in [0.3, 0.4) is 0 Å². The fourth-order valence-electron chi connectivity index (χ4n) is 2.86. The van der Waals surface area contributed by atoms with Gasteiger partial charge in [0, 0.05) is 17.8 Å². The van der Waals surface area contributed by atoms with Crippen molar-refractivity contribution in [1.29, 1.82) is 0 Å². The van der Waals surface area contributed by atoms with Crippen LogP contribution >= 0.6 is 0 Å². The fraction of sp³-hybridized carbons (Fsp3) is 0.238. The second-order valence-electron chi connectivity index (χ2n) is 6.51. The van der Waals surface area contributed by atoms with E-state index in [0.29, 0.717) is 35.0 Å². The van der Waals surface area contributed by atoms with Crippen LogP contribution in [0.25, 0.3) is 0 Å². The summed E-state index contributed by atoms with van der Waals surface area (Å²) < 4.78 is 10.8. The normalized spacial score (nSPS) is 15.6. The van der Waals surface area contributed by atoms with Gasteiger partial charge < -0.3 is 19.7 Å². The van der Waals surface area contributed by atoms with Crippen LogP contribution in [-0.2, 0) is 4.79 Å². The minimum absolute atomic E-state index is 0.135. The average Bonchev–Trinajstić information content (AvgIpc) is 2.65. The third kappa shape index (κ3) is 3.95. The van der Waals surface area contributed by atoms with E-state index in [-0.39, 0.29) is 11.8 Å². The number of rotatable bonds is 5. The van der Waals surface area contributed by atoms with E-state index in [1.165, 1.54) is 0 Å². The van der Waals surface area contributed by atoms with E-state index in [4.69, 9.17) is 9.47 Å². The lowest BCUT2D eigenvalue weighted by atomic mass is 10.1. The van der Waals surface area contributed by atoms with Crippen molar-refractivity contribution < 1.29 is 19.1 Å². The molecule has 0 aliphatic carbocycles. The molecule has 1 unspecified atom stereocenters. The van der Waals surface area contributed by atoms with Crippen molar-refractivity contribution in [3.8, 4) is 11.5 Å². The Morgan fingerprint density at radius 2 is 1.96 bits per heavy atom. The highest BCUT2D eigenvalue weighted by Gasteiger charge is 2.31. The van der Waals surface area contributed by atoms with Gasteiger partial charge in [-0.05, 0) is 56.3 Å². The summed E-state index contributed by atoms with van der Waals surface area (Å²) in [5.74, 6) is 0.899. The molecule has 1 aliphatic rings. The molecular weight excluding hydrogens is 344 g/mol. The molecule has 0 spiro atoms. The molecule has 140 valence electrons. The monoisotopic (exact) mass is 366 g/mol. The van der Waals surface area contributed by atoms with Crippen molar-refractivity contribution in [2.24, 2.45) is 0 Å². The smallest absolute Gasteiger partial charge is 0.268 e. The van der Waals surface area contributed by atoms with Crippen molar-refractivity contribution in [3.05, 3.63) is 60.2 Å². The number of nitrogens with one attached hydrogen (secondary N) is 1. The minimum atomic E-state index is -0.559. The summed E-state index contributed by atoms with van der Waals surface area (Å²) in [5, 5.41) is 2.85. The van der Waals surface area contributed by atoms with E-state index in [9.17, 15) is 9.59 Å². The largest absolute Gasteiger partial charge is 0.497 e. The van der Waals surface area contributed by atoms with Crippen LogP contribution in [0.4, 0.5) is 11.4 Å². The predicted molar refractivity (Wildman–Crippen MR) is 105 cm³/mol. The molecule has 0 aromatic heterocycles. The van der Waals surface area contributed by atoms with Crippen molar-refractivity contribution in [1.82, 2.24) is 0 Å². The van der Waals surface area contributed by atoms with Crippen LogP contribution in [0.2, 0.25) is 0 Å². The Labute approximate surface area is 158 Å². The Bertz CT molecular complexity index is 890. The van der Waals surface area contributed by atoms with Crippen molar-refractivity contribution in [3.63, 3.8) is 0 Å². The maximum Gasteiger partial charge on any atom is 0.268 e. The van der Waals surface area contributed by atoms with Gasteiger partial charge in [-0.25, -0.2) is 0 Å². The van der Waals surface area contributed by atoms with Gasteiger partial charge in [0.05, 0.1) is 12.8 Å². The number of carbonyl (C=O) groups is 2. The van der Waals surface area contributed by atoms with Crippen molar-refractivity contribution in [2.75, 3.05) is 23.9 Å². The molecular formula is C21H22N2O4. The van der Waals surface area contributed by atoms with Crippen LogP contribution in [-0.4, -0.2) is 31.6 Å². The Morgan fingerprint density at radius 3 is 2.59 bits per heavy atom. The Hall–Kier alpha value is -3.28. The molecule has 2 amide bonds. The van der Waals surface area contributed by atoms with Gasteiger partial charge in [0.1, 0.15) is 11.5 Å². The van der Waals surface area contributed by atoms with E-state index in [1.54, 1.807) is 61.4 Å². The molecule has 0 radical (unpaired) electrons. The molecule has 1 atom stereocenters. The first-order valence-corrected chi connectivity index (χ1v) is 8.61. The number of benzene rings is 2. The van der Waals surface area contributed by atoms with Crippen molar-refractivity contribution >= 4 is 23.2 Å². The van der Waals surface area contributed by atoms with Crippen molar-refractivity contribution in [2.45, 2.75) is 20.0 Å². The first-order chi connectivity index (χ1) is 12.9. The third-order valence-electron chi connectivity index (χ3n) is 4.21. The highest BCUT2D eigenvalue weighted by molar-refractivity contribution is 6.05. The molecule has 6 nitrogen and oxygen atoms in total. The number of hydrogen-bond donors (Lipinski definition) is 1. The summed E-state index contributed by atoms with van der Waals surface area (Å²) in [6, 6.07) is 12.1. The van der Waals surface area contributed by atoms with Gasteiger partial charge >= 0.3 is 0 Å². The molecule has 6 heteroatoms. The SMILES string of the molecule is C=C(C)CN1C(=O)C(C)Oc2ccc(NC(=O)c3ccc(OC)cc3)cc21. The van der Waals surface area contributed by atoms with Gasteiger partial charge in [0.15, 0.2) is 6.10 Å². The van der Waals surface area contributed by atoms with Crippen LogP contribution in [0.1, 0.15) is 24.2 Å². The molecule has 1 aliphatic heterocycles. The molecule has 1 N–H and O–H groups in total. The van der Waals surface area contributed by atoms with Gasteiger partial charge in [0.25, 0.3) is 11.8 Å². The molecule has 0 saturated heterocycles. The van der Waals surface area contributed by atoms with Crippen LogP contribution < -0.4 is 19.7 Å². The molecule has 1 heterocycles. The Kier molecular flexibility index (Phi) is 5.16. The van der Waals surface area contributed by atoms with Gasteiger partial charge in [-0.3, -0.25) is 9.59 Å². The third-order valence-corrected chi connectivity index (χ3v) is 4.21. The topological polar surface area (TPSA) is 67.9 Å². The molecule has 27 heavy (non-hydrogen) atoms. The lowest BCUT2D eigenvalue weighted by molar-refractivity contribution is -0.125.